The molecular weight excluding hydrogens is 228 g/mol. The molecule has 96 valence electrons. The van der Waals surface area contributed by atoms with Crippen LogP contribution in [-0.2, 0) is 0 Å². The number of terminal acetylenes is 1. The van der Waals surface area contributed by atoms with E-state index in [-0.39, 0.29) is 12.1 Å². The first-order valence-electron chi connectivity index (χ1n) is 6.13. The SMILES string of the molecule is C#CCCCC(NN)C1COc2ccccc2O1. The monoisotopic (exact) mass is 246 g/mol. The molecule has 18 heavy (non-hydrogen) atoms. The summed E-state index contributed by atoms with van der Waals surface area (Å²) in [6.45, 7) is 0.502. The molecule has 3 N–H and O–H groups in total. The lowest BCUT2D eigenvalue weighted by atomic mass is 10.0. The maximum absolute atomic E-state index is 5.90. The van der Waals surface area contributed by atoms with Crippen LogP contribution in [0.3, 0.4) is 0 Å². The van der Waals surface area contributed by atoms with Gasteiger partial charge in [-0.3, -0.25) is 11.3 Å². The van der Waals surface area contributed by atoms with Crippen molar-refractivity contribution in [3.63, 3.8) is 0 Å². The summed E-state index contributed by atoms with van der Waals surface area (Å²) in [5, 5.41) is 0. The van der Waals surface area contributed by atoms with Gasteiger partial charge in [-0.05, 0) is 25.0 Å². The highest BCUT2D eigenvalue weighted by Crippen LogP contribution is 2.31. The number of fused-ring (bicyclic) bond motifs is 1. The Hall–Kier alpha value is -1.70. The van der Waals surface area contributed by atoms with Crippen LogP contribution < -0.4 is 20.7 Å². The van der Waals surface area contributed by atoms with Gasteiger partial charge in [0.15, 0.2) is 11.5 Å². The second-order valence-corrected chi connectivity index (χ2v) is 4.28. The van der Waals surface area contributed by atoms with Crippen LogP contribution in [-0.4, -0.2) is 18.8 Å². The van der Waals surface area contributed by atoms with Gasteiger partial charge in [0, 0.05) is 6.42 Å². The normalized spacial score (nSPS) is 19.0. The summed E-state index contributed by atoms with van der Waals surface area (Å²) in [5.74, 6) is 9.75. The Morgan fingerprint density at radius 1 is 1.44 bits per heavy atom. The molecule has 0 radical (unpaired) electrons. The summed E-state index contributed by atoms with van der Waals surface area (Å²) in [7, 11) is 0. The number of benzene rings is 1. The van der Waals surface area contributed by atoms with Crippen LogP contribution in [0.2, 0.25) is 0 Å². The molecule has 0 aromatic heterocycles. The third-order valence-electron chi connectivity index (χ3n) is 3.03. The molecular formula is C14H18N2O2. The zero-order valence-electron chi connectivity index (χ0n) is 10.3. The van der Waals surface area contributed by atoms with Crippen LogP contribution in [0.5, 0.6) is 11.5 Å². The van der Waals surface area contributed by atoms with Crippen molar-refractivity contribution < 1.29 is 9.47 Å². The Bertz CT molecular complexity index is 428. The molecule has 1 aliphatic heterocycles. The molecule has 0 bridgehead atoms. The van der Waals surface area contributed by atoms with Gasteiger partial charge in [0.05, 0.1) is 6.04 Å². The Balaban J connectivity index is 1.96. The van der Waals surface area contributed by atoms with Crippen LogP contribution in [0, 0.1) is 12.3 Å². The molecule has 0 saturated heterocycles. The fourth-order valence-corrected chi connectivity index (χ4v) is 2.03. The predicted octanol–water partition coefficient (Wildman–Crippen LogP) is 1.46. The largest absolute Gasteiger partial charge is 0.486 e. The summed E-state index contributed by atoms with van der Waals surface area (Å²) in [4.78, 5) is 0. The Morgan fingerprint density at radius 3 is 2.94 bits per heavy atom. The minimum absolute atomic E-state index is 0.0479. The number of unbranched alkanes of at least 4 members (excludes halogenated alkanes) is 1. The topological polar surface area (TPSA) is 56.5 Å². The first-order valence-corrected chi connectivity index (χ1v) is 6.13. The first-order chi connectivity index (χ1) is 8.85. The van der Waals surface area contributed by atoms with Crippen molar-refractivity contribution in [2.45, 2.75) is 31.4 Å². The number of para-hydroxylation sites is 2. The summed E-state index contributed by atoms with van der Waals surface area (Å²) in [6.07, 6.45) is 7.71. The standard InChI is InChI=1S/C14H18N2O2/c1-2-3-4-7-11(16-15)14-10-17-12-8-5-6-9-13(12)18-14/h1,5-6,8-9,11,14,16H,3-4,7,10,15H2. The van der Waals surface area contributed by atoms with E-state index >= 15 is 0 Å². The lowest BCUT2D eigenvalue weighted by Gasteiger charge is -2.31. The number of hydrogen-bond acceptors (Lipinski definition) is 4. The number of hydrogen-bond donors (Lipinski definition) is 2. The molecule has 1 aromatic carbocycles. The van der Waals surface area contributed by atoms with Gasteiger partial charge in [0.2, 0.25) is 0 Å². The first kappa shape index (κ1) is 12.7. The number of hydrazine groups is 1. The minimum Gasteiger partial charge on any atom is -0.486 e. The van der Waals surface area contributed by atoms with Crippen molar-refractivity contribution >= 4 is 0 Å². The molecule has 1 aliphatic rings. The molecule has 0 spiro atoms. The molecule has 1 heterocycles. The van der Waals surface area contributed by atoms with Crippen LogP contribution in [0.1, 0.15) is 19.3 Å². The Morgan fingerprint density at radius 2 is 2.22 bits per heavy atom. The quantitative estimate of drug-likeness (QED) is 0.357. The van der Waals surface area contributed by atoms with Crippen molar-refractivity contribution in [1.82, 2.24) is 5.43 Å². The highest BCUT2D eigenvalue weighted by molar-refractivity contribution is 5.40. The predicted molar refractivity (Wildman–Crippen MR) is 70.1 cm³/mol. The number of rotatable bonds is 5. The molecule has 1 aromatic rings. The van der Waals surface area contributed by atoms with Gasteiger partial charge in [0.1, 0.15) is 12.7 Å². The molecule has 0 amide bonds. The van der Waals surface area contributed by atoms with Gasteiger partial charge in [-0.15, -0.1) is 12.3 Å². The zero-order chi connectivity index (χ0) is 12.8. The Kier molecular flexibility index (Phi) is 4.46. The van der Waals surface area contributed by atoms with Crippen molar-refractivity contribution in [3.05, 3.63) is 24.3 Å². The van der Waals surface area contributed by atoms with E-state index in [9.17, 15) is 0 Å². The molecule has 2 rings (SSSR count). The van der Waals surface area contributed by atoms with Gasteiger partial charge in [-0.25, -0.2) is 0 Å². The number of nitrogens with two attached hydrogens (primary N) is 1. The molecule has 0 aliphatic carbocycles. The fourth-order valence-electron chi connectivity index (χ4n) is 2.03. The van der Waals surface area contributed by atoms with E-state index < -0.39 is 0 Å². The third kappa shape index (κ3) is 2.95. The van der Waals surface area contributed by atoms with Crippen molar-refractivity contribution in [2.24, 2.45) is 5.84 Å². The molecule has 0 saturated carbocycles. The van der Waals surface area contributed by atoms with Crippen LogP contribution in [0.4, 0.5) is 0 Å². The summed E-state index contributed by atoms with van der Waals surface area (Å²) < 4.78 is 11.6. The smallest absolute Gasteiger partial charge is 0.161 e. The van der Waals surface area contributed by atoms with E-state index in [1.54, 1.807) is 0 Å². The van der Waals surface area contributed by atoms with E-state index in [0.717, 1.165) is 30.8 Å². The van der Waals surface area contributed by atoms with Crippen LogP contribution >= 0.6 is 0 Å². The highest BCUT2D eigenvalue weighted by atomic mass is 16.6. The van der Waals surface area contributed by atoms with Crippen LogP contribution in [0.25, 0.3) is 0 Å². The zero-order valence-corrected chi connectivity index (χ0v) is 10.3. The van der Waals surface area contributed by atoms with E-state index in [1.807, 2.05) is 24.3 Å². The third-order valence-corrected chi connectivity index (χ3v) is 3.03. The lowest BCUT2D eigenvalue weighted by molar-refractivity contribution is 0.0590. The Labute approximate surface area is 107 Å². The van der Waals surface area contributed by atoms with Gasteiger partial charge in [-0.1, -0.05) is 12.1 Å². The summed E-state index contributed by atoms with van der Waals surface area (Å²) in [5.41, 5.74) is 2.79. The van der Waals surface area contributed by atoms with Gasteiger partial charge in [-0.2, -0.15) is 0 Å². The van der Waals surface area contributed by atoms with Crippen molar-refractivity contribution in [1.29, 1.82) is 0 Å². The number of ether oxygens (including phenoxy) is 2. The highest BCUT2D eigenvalue weighted by Gasteiger charge is 2.27. The maximum atomic E-state index is 5.90. The maximum Gasteiger partial charge on any atom is 0.161 e. The second kappa shape index (κ2) is 6.29. The van der Waals surface area contributed by atoms with Gasteiger partial charge < -0.3 is 9.47 Å². The van der Waals surface area contributed by atoms with Crippen LogP contribution in [0.15, 0.2) is 24.3 Å². The average molecular weight is 246 g/mol. The molecule has 4 nitrogen and oxygen atoms in total. The molecule has 2 unspecified atom stereocenters. The second-order valence-electron chi connectivity index (χ2n) is 4.28. The van der Waals surface area contributed by atoms with Gasteiger partial charge >= 0.3 is 0 Å². The van der Waals surface area contributed by atoms with E-state index in [1.165, 1.54) is 0 Å². The fraction of sp³-hybridized carbons (Fsp3) is 0.429. The van der Waals surface area contributed by atoms with Gasteiger partial charge in [0.25, 0.3) is 0 Å². The van der Waals surface area contributed by atoms with E-state index in [2.05, 4.69) is 11.3 Å². The summed E-state index contributed by atoms with van der Waals surface area (Å²) in [6, 6.07) is 7.69. The molecule has 4 heteroatoms. The summed E-state index contributed by atoms with van der Waals surface area (Å²) >= 11 is 0. The minimum atomic E-state index is -0.0809. The van der Waals surface area contributed by atoms with E-state index in [0.29, 0.717) is 6.61 Å². The lowest BCUT2D eigenvalue weighted by Crippen LogP contribution is -2.50. The van der Waals surface area contributed by atoms with Crippen molar-refractivity contribution in [3.8, 4) is 23.8 Å². The molecule has 2 atom stereocenters. The number of nitrogens with one attached hydrogen (secondary N) is 1. The molecule has 0 fully saturated rings. The van der Waals surface area contributed by atoms with Crippen molar-refractivity contribution in [2.75, 3.05) is 6.61 Å². The average Bonchev–Trinajstić information content (AvgIpc) is 2.43. The van der Waals surface area contributed by atoms with E-state index in [4.69, 9.17) is 21.7 Å².